The van der Waals surface area contributed by atoms with Crippen molar-refractivity contribution in [3.8, 4) is 0 Å². The van der Waals surface area contributed by atoms with Crippen LogP contribution in [-0.2, 0) is 6.42 Å². The molecule has 0 atom stereocenters. The van der Waals surface area contributed by atoms with Gasteiger partial charge in [0.25, 0.3) is 0 Å². The number of hydrogen-bond donors (Lipinski definition) is 1. The SMILES string of the molecule is Brc1cccc(N2CCCC2)c1CC1CCNCC1. The standard InChI is InChI=1S/C16H23BrN2/c17-15-4-3-5-16(19-10-1-2-11-19)14(15)12-13-6-8-18-9-7-13/h3-5,13,18H,1-2,6-12H2. The normalized spacial score (nSPS) is 21.0. The van der Waals surface area contributed by atoms with Crippen molar-refractivity contribution in [3.63, 3.8) is 0 Å². The highest BCUT2D eigenvalue weighted by Crippen LogP contribution is 2.33. The highest BCUT2D eigenvalue weighted by Gasteiger charge is 2.21. The Labute approximate surface area is 124 Å². The van der Waals surface area contributed by atoms with Crippen molar-refractivity contribution in [2.75, 3.05) is 31.1 Å². The molecule has 2 heterocycles. The molecule has 3 heteroatoms. The van der Waals surface area contributed by atoms with Crippen LogP contribution < -0.4 is 10.2 Å². The molecule has 0 radical (unpaired) electrons. The molecule has 2 aliphatic heterocycles. The Morgan fingerprint density at radius 2 is 1.89 bits per heavy atom. The fourth-order valence-corrected chi connectivity index (χ4v) is 3.90. The fourth-order valence-electron chi connectivity index (χ4n) is 3.38. The second kappa shape index (κ2) is 6.27. The molecule has 2 nitrogen and oxygen atoms in total. The summed E-state index contributed by atoms with van der Waals surface area (Å²) in [7, 11) is 0. The topological polar surface area (TPSA) is 15.3 Å². The maximum Gasteiger partial charge on any atom is 0.0410 e. The number of halogens is 1. The van der Waals surface area contributed by atoms with Crippen LogP contribution in [0.4, 0.5) is 5.69 Å². The minimum Gasteiger partial charge on any atom is -0.371 e. The third-order valence-corrected chi connectivity index (χ3v) is 5.24. The first-order valence-electron chi connectivity index (χ1n) is 7.57. The number of benzene rings is 1. The monoisotopic (exact) mass is 322 g/mol. The number of hydrogen-bond acceptors (Lipinski definition) is 2. The number of anilines is 1. The summed E-state index contributed by atoms with van der Waals surface area (Å²) in [6, 6.07) is 6.70. The maximum absolute atomic E-state index is 3.78. The third-order valence-electron chi connectivity index (χ3n) is 4.49. The molecule has 0 aromatic heterocycles. The molecule has 0 spiro atoms. The maximum atomic E-state index is 3.78. The van der Waals surface area contributed by atoms with Gasteiger partial charge in [-0.15, -0.1) is 0 Å². The van der Waals surface area contributed by atoms with Gasteiger partial charge >= 0.3 is 0 Å². The molecule has 0 saturated carbocycles. The Balaban J connectivity index is 1.81. The molecule has 0 aliphatic carbocycles. The molecule has 104 valence electrons. The second-order valence-corrected chi connectivity index (χ2v) is 6.68. The smallest absolute Gasteiger partial charge is 0.0410 e. The van der Waals surface area contributed by atoms with Crippen LogP contribution in [0, 0.1) is 5.92 Å². The van der Waals surface area contributed by atoms with Crippen molar-refractivity contribution in [1.29, 1.82) is 0 Å². The highest BCUT2D eigenvalue weighted by atomic mass is 79.9. The summed E-state index contributed by atoms with van der Waals surface area (Å²) >= 11 is 3.78. The number of nitrogens with one attached hydrogen (secondary N) is 1. The minimum absolute atomic E-state index is 0.848. The van der Waals surface area contributed by atoms with E-state index in [4.69, 9.17) is 0 Å². The van der Waals surface area contributed by atoms with E-state index < -0.39 is 0 Å². The summed E-state index contributed by atoms with van der Waals surface area (Å²) in [6.45, 7) is 4.84. The van der Waals surface area contributed by atoms with Crippen LogP contribution in [0.1, 0.15) is 31.2 Å². The highest BCUT2D eigenvalue weighted by molar-refractivity contribution is 9.10. The zero-order valence-electron chi connectivity index (χ0n) is 11.5. The van der Waals surface area contributed by atoms with Crippen molar-refractivity contribution in [3.05, 3.63) is 28.2 Å². The van der Waals surface area contributed by atoms with E-state index >= 15 is 0 Å². The quantitative estimate of drug-likeness (QED) is 0.914. The van der Waals surface area contributed by atoms with Gasteiger partial charge in [-0.25, -0.2) is 0 Å². The molecule has 2 fully saturated rings. The van der Waals surface area contributed by atoms with E-state index in [0.717, 1.165) is 5.92 Å². The summed E-state index contributed by atoms with van der Waals surface area (Å²) in [6.07, 6.45) is 6.56. The number of piperidine rings is 1. The van der Waals surface area contributed by atoms with Gasteiger partial charge in [0.2, 0.25) is 0 Å². The van der Waals surface area contributed by atoms with Gasteiger partial charge in [-0.3, -0.25) is 0 Å². The molecular formula is C16H23BrN2. The molecule has 0 bridgehead atoms. The van der Waals surface area contributed by atoms with Crippen molar-refractivity contribution in [2.45, 2.75) is 32.1 Å². The second-order valence-electron chi connectivity index (χ2n) is 5.83. The van der Waals surface area contributed by atoms with Crippen LogP contribution in [0.3, 0.4) is 0 Å². The van der Waals surface area contributed by atoms with Gasteiger partial charge in [0, 0.05) is 23.2 Å². The molecule has 3 rings (SSSR count). The van der Waals surface area contributed by atoms with Crippen molar-refractivity contribution >= 4 is 21.6 Å². The van der Waals surface area contributed by atoms with Crippen LogP contribution in [0.5, 0.6) is 0 Å². The molecule has 19 heavy (non-hydrogen) atoms. The lowest BCUT2D eigenvalue weighted by molar-refractivity contribution is 0.372. The number of rotatable bonds is 3. The first-order valence-corrected chi connectivity index (χ1v) is 8.37. The summed E-state index contributed by atoms with van der Waals surface area (Å²) in [4.78, 5) is 2.57. The molecule has 0 unspecified atom stereocenters. The predicted octanol–water partition coefficient (Wildman–Crippen LogP) is 3.59. The molecule has 1 N–H and O–H groups in total. The Kier molecular flexibility index (Phi) is 4.44. The van der Waals surface area contributed by atoms with Crippen LogP contribution in [0.2, 0.25) is 0 Å². The van der Waals surface area contributed by atoms with Gasteiger partial charge in [0.1, 0.15) is 0 Å². The Morgan fingerprint density at radius 3 is 2.63 bits per heavy atom. The Bertz CT molecular complexity index is 421. The zero-order valence-corrected chi connectivity index (χ0v) is 13.1. The molecule has 2 aliphatic rings. The van der Waals surface area contributed by atoms with E-state index in [9.17, 15) is 0 Å². The first-order chi connectivity index (χ1) is 9.34. The lowest BCUT2D eigenvalue weighted by atomic mass is 9.90. The molecule has 1 aromatic rings. The summed E-state index contributed by atoms with van der Waals surface area (Å²) in [5.41, 5.74) is 3.02. The van der Waals surface area contributed by atoms with Gasteiger partial charge in [0.05, 0.1) is 0 Å². The summed E-state index contributed by atoms with van der Waals surface area (Å²) in [5.74, 6) is 0.848. The molecule has 1 aromatic carbocycles. The average molecular weight is 323 g/mol. The van der Waals surface area contributed by atoms with Crippen LogP contribution in [-0.4, -0.2) is 26.2 Å². The van der Waals surface area contributed by atoms with E-state index in [1.165, 1.54) is 74.0 Å². The lowest BCUT2D eigenvalue weighted by Crippen LogP contribution is -2.29. The Morgan fingerprint density at radius 1 is 1.16 bits per heavy atom. The Hall–Kier alpha value is -0.540. The van der Waals surface area contributed by atoms with Crippen LogP contribution >= 0.6 is 15.9 Å². The van der Waals surface area contributed by atoms with Crippen molar-refractivity contribution < 1.29 is 0 Å². The third kappa shape index (κ3) is 3.14. The largest absolute Gasteiger partial charge is 0.371 e. The molecular weight excluding hydrogens is 300 g/mol. The van der Waals surface area contributed by atoms with Crippen molar-refractivity contribution in [2.24, 2.45) is 5.92 Å². The summed E-state index contributed by atoms with van der Waals surface area (Å²) in [5, 5.41) is 3.46. The van der Waals surface area contributed by atoms with Gasteiger partial charge in [-0.05, 0) is 68.8 Å². The zero-order chi connectivity index (χ0) is 13.1. The van der Waals surface area contributed by atoms with Gasteiger partial charge < -0.3 is 10.2 Å². The van der Waals surface area contributed by atoms with Crippen molar-refractivity contribution in [1.82, 2.24) is 5.32 Å². The van der Waals surface area contributed by atoms with Gasteiger partial charge in [-0.1, -0.05) is 22.0 Å². The first kappa shape index (κ1) is 13.4. The van der Waals surface area contributed by atoms with Crippen LogP contribution in [0.25, 0.3) is 0 Å². The van der Waals surface area contributed by atoms with Crippen LogP contribution in [0.15, 0.2) is 22.7 Å². The molecule has 0 amide bonds. The minimum atomic E-state index is 0.848. The predicted molar refractivity (Wildman–Crippen MR) is 84.9 cm³/mol. The fraction of sp³-hybridized carbons (Fsp3) is 0.625. The number of nitrogens with zero attached hydrogens (tertiary/aromatic N) is 1. The average Bonchev–Trinajstić information content (AvgIpc) is 2.96. The lowest BCUT2D eigenvalue weighted by Gasteiger charge is -2.27. The van der Waals surface area contributed by atoms with Gasteiger partial charge in [0.15, 0.2) is 0 Å². The van der Waals surface area contributed by atoms with E-state index in [2.05, 4.69) is 44.3 Å². The van der Waals surface area contributed by atoms with E-state index in [1.54, 1.807) is 0 Å². The van der Waals surface area contributed by atoms with Gasteiger partial charge in [-0.2, -0.15) is 0 Å². The van der Waals surface area contributed by atoms with E-state index in [-0.39, 0.29) is 0 Å². The molecule has 2 saturated heterocycles. The summed E-state index contributed by atoms with van der Waals surface area (Å²) < 4.78 is 1.30. The van der Waals surface area contributed by atoms with E-state index in [0.29, 0.717) is 0 Å². The van der Waals surface area contributed by atoms with E-state index in [1.807, 2.05) is 0 Å².